The highest BCUT2D eigenvalue weighted by molar-refractivity contribution is 7.92. The second-order valence-corrected chi connectivity index (χ2v) is 9.02. The normalized spacial score (nSPS) is 25.8. The number of hydrogen-bond acceptors (Lipinski definition) is 6. The molecule has 0 aromatic heterocycles. The van der Waals surface area contributed by atoms with Gasteiger partial charge >= 0.3 is 0 Å². The third kappa shape index (κ3) is 2.68. The van der Waals surface area contributed by atoms with Crippen LogP contribution >= 0.6 is 0 Å². The Labute approximate surface area is 158 Å². The highest BCUT2D eigenvalue weighted by Crippen LogP contribution is 2.64. The maximum absolute atomic E-state index is 13.3. The molecule has 4 rings (SSSR count). The maximum atomic E-state index is 13.3. The molecule has 1 aliphatic carbocycles. The molecule has 1 fully saturated rings. The molecule has 2 aliphatic rings. The molecule has 3 atom stereocenters. The Balaban J connectivity index is 1.78. The van der Waals surface area contributed by atoms with Gasteiger partial charge in [-0.25, -0.2) is 8.42 Å². The fourth-order valence-electron chi connectivity index (χ4n) is 3.89. The van der Waals surface area contributed by atoms with E-state index in [1.807, 2.05) is 6.92 Å². The lowest BCUT2D eigenvalue weighted by Gasteiger charge is -2.08. The lowest BCUT2D eigenvalue weighted by molar-refractivity contribution is 0.162. The summed E-state index contributed by atoms with van der Waals surface area (Å²) in [7, 11) is -2.23. The first-order valence-corrected chi connectivity index (χ1v) is 10.1. The predicted octanol–water partition coefficient (Wildman–Crippen LogP) is 2.82. The Bertz CT molecular complexity index is 1030. The standard InChI is InChI=1S/C20H19NO5S/c1-13-3-6-15(7-4-13)27(22,23)19-18(20(19,10-21)11-24-2)14-5-8-16-17(9-14)26-12-25-16/h3-9,18-19H,11-12H2,1-2H3/t18-,19+,20-/m1/s1. The van der Waals surface area contributed by atoms with Crippen molar-refractivity contribution in [3.8, 4) is 17.6 Å². The number of nitrogens with zero attached hydrogens (tertiary/aromatic N) is 1. The van der Waals surface area contributed by atoms with E-state index in [-0.39, 0.29) is 18.3 Å². The molecule has 140 valence electrons. The Morgan fingerprint density at radius 1 is 1.19 bits per heavy atom. The second-order valence-electron chi connectivity index (χ2n) is 6.95. The summed E-state index contributed by atoms with van der Waals surface area (Å²) in [6.45, 7) is 2.07. The van der Waals surface area contributed by atoms with E-state index in [0.717, 1.165) is 11.1 Å². The van der Waals surface area contributed by atoms with E-state index in [1.165, 1.54) is 7.11 Å². The van der Waals surface area contributed by atoms with Gasteiger partial charge < -0.3 is 14.2 Å². The van der Waals surface area contributed by atoms with Gasteiger partial charge in [0.25, 0.3) is 0 Å². The van der Waals surface area contributed by atoms with Crippen molar-refractivity contribution in [3.05, 3.63) is 53.6 Å². The zero-order chi connectivity index (χ0) is 19.2. The highest BCUT2D eigenvalue weighted by Gasteiger charge is 2.72. The molecule has 27 heavy (non-hydrogen) atoms. The van der Waals surface area contributed by atoms with E-state index in [9.17, 15) is 13.7 Å². The van der Waals surface area contributed by atoms with Crippen molar-refractivity contribution in [1.82, 2.24) is 0 Å². The summed E-state index contributed by atoms with van der Waals surface area (Å²) >= 11 is 0. The molecule has 1 saturated carbocycles. The Kier molecular flexibility index (Phi) is 4.13. The zero-order valence-corrected chi connectivity index (χ0v) is 15.8. The largest absolute Gasteiger partial charge is 0.454 e. The van der Waals surface area contributed by atoms with Crippen molar-refractivity contribution in [3.63, 3.8) is 0 Å². The molecule has 2 aromatic rings. The van der Waals surface area contributed by atoms with Crippen LogP contribution in [-0.2, 0) is 14.6 Å². The molecular formula is C20H19NO5S. The van der Waals surface area contributed by atoms with E-state index in [1.54, 1.807) is 42.5 Å². The van der Waals surface area contributed by atoms with Crippen LogP contribution in [0.4, 0.5) is 0 Å². The number of benzene rings is 2. The van der Waals surface area contributed by atoms with Gasteiger partial charge in [0, 0.05) is 13.0 Å². The highest BCUT2D eigenvalue weighted by atomic mass is 32.2. The van der Waals surface area contributed by atoms with Crippen LogP contribution in [0.25, 0.3) is 0 Å². The number of aryl methyl sites for hydroxylation is 1. The third-order valence-electron chi connectivity index (χ3n) is 5.29. The SMILES string of the molecule is COC[C@]1(C#N)[C@H](c2ccc3c(c2)OCO3)[C@@H]1S(=O)(=O)c1ccc(C)cc1. The van der Waals surface area contributed by atoms with Crippen LogP contribution in [0.1, 0.15) is 17.0 Å². The van der Waals surface area contributed by atoms with Crippen LogP contribution in [0, 0.1) is 23.7 Å². The van der Waals surface area contributed by atoms with Crippen LogP contribution in [0.2, 0.25) is 0 Å². The van der Waals surface area contributed by atoms with Gasteiger partial charge in [-0.05, 0) is 36.8 Å². The molecule has 1 aliphatic heterocycles. The third-order valence-corrected chi connectivity index (χ3v) is 7.58. The summed E-state index contributed by atoms with van der Waals surface area (Å²) in [5.74, 6) is 0.685. The van der Waals surface area contributed by atoms with E-state index in [2.05, 4.69) is 6.07 Å². The van der Waals surface area contributed by atoms with Gasteiger partial charge in [0.05, 0.1) is 22.8 Å². The smallest absolute Gasteiger partial charge is 0.231 e. The van der Waals surface area contributed by atoms with Crippen molar-refractivity contribution in [2.24, 2.45) is 5.41 Å². The number of sulfone groups is 1. The van der Waals surface area contributed by atoms with Crippen LogP contribution in [0.3, 0.4) is 0 Å². The maximum Gasteiger partial charge on any atom is 0.231 e. The fourth-order valence-corrected chi connectivity index (χ4v) is 6.20. The first-order chi connectivity index (χ1) is 12.9. The zero-order valence-electron chi connectivity index (χ0n) is 15.0. The molecule has 0 unspecified atom stereocenters. The van der Waals surface area contributed by atoms with Gasteiger partial charge in [-0.3, -0.25) is 0 Å². The monoisotopic (exact) mass is 385 g/mol. The van der Waals surface area contributed by atoms with E-state index >= 15 is 0 Å². The number of rotatable bonds is 5. The quantitative estimate of drug-likeness (QED) is 0.787. The molecular weight excluding hydrogens is 366 g/mol. The van der Waals surface area contributed by atoms with Gasteiger partial charge in [0.1, 0.15) is 5.41 Å². The Morgan fingerprint density at radius 3 is 2.56 bits per heavy atom. The van der Waals surface area contributed by atoms with Gasteiger partial charge in [-0.2, -0.15) is 5.26 Å². The average Bonchev–Trinajstić information content (AvgIpc) is 3.10. The summed E-state index contributed by atoms with van der Waals surface area (Å²) in [6.07, 6.45) is 0. The molecule has 2 aromatic carbocycles. The van der Waals surface area contributed by atoms with E-state index in [4.69, 9.17) is 14.2 Å². The summed E-state index contributed by atoms with van der Waals surface area (Å²) in [4.78, 5) is 0.220. The summed E-state index contributed by atoms with van der Waals surface area (Å²) < 4.78 is 42.6. The Morgan fingerprint density at radius 2 is 1.89 bits per heavy atom. The Hall–Kier alpha value is -2.56. The molecule has 0 saturated heterocycles. The average molecular weight is 385 g/mol. The first kappa shape index (κ1) is 17.8. The number of ether oxygens (including phenoxy) is 3. The van der Waals surface area contributed by atoms with Crippen LogP contribution in [0.5, 0.6) is 11.5 Å². The van der Waals surface area contributed by atoms with Crippen molar-refractivity contribution >= 4 is 9.84 Å². The molecule has 0 N–H and O–H groups in total. The van der Waals surface area contributed by atoms with Crippen LogP contribution in [-0.4, -0.2) is 34.2 Å². The lowest BCUT2D eigenvalue weighted by atomic mass is 10.0. The van der Waals surface area contributed by atoms with Crippen LogP contribution in [0.15, 0.2) is 47.4 Å². The van der Waals surface area contributed by atoms with Gasteiger partial charge in [-0.1, -0.05) is 23.8 Å². The van der Waals surface area contributed by atoms with E-state index in [0.29, 0.717) is 11.5 Å². The molecule has 0 bridgehead atoms. The van der Waals surface area contributed by atoms with Crippen molar-refractivity contribution in [1.29, 1.82) is 5.26 Å². The first-order valence-electron chi connectivity index (χ1n) is 8.54. The van der Waals surface area contributed by atoms with Crippen molar-refractivity contribution in [2.45, 2.75) is 23.0 Å². The lowest BCUT2D eigenvalue weighted by Crippen LogP contribution is -2.19. The number of fused-ring (bicyclic) bond motifs is 1. The van der Waals surface area contributed by atoms with Crippen molar-refractivity contribution < 1.29 is 22.6 Å². The summed E-state index contributed by atoms with van der Waals surface area (Å²) in [5.41, 5.74) is 0.575. The van der Waals surface area contributed by atoms with E-state index < -0.39 is 26.4 Å². The molecule has 6 nitrogen and oxygen atoms in total. The fraction of sp³-hybridized carbons (Fsp3) is 0.350. The van der Waals surface area contributed by atoms with Crippen LogP contribution < -0.4 is 9.47 Å². The molecule has 1 heterocycles. The number of nitriles is 1. The molecule has 0 radical (unpaired) electrons. The summed E-state index contributed by atoms with van der Waals surface area (Å²) in [5, 5.41) is 9.01. The van der Waals surface area contributed by atoms with Gasteiger partial charge in [-0.15, -0.1) is 0 Å². The topological polar surface area (TPSA) is 85.6 Å². The second kappa shape index (κ2) is 6.25. The minimum Gasteiger partial charge on any atom is -0.454 e. The number of methoxy groups -OCH3 is 1. The molecule has 0 spiro atoms. The van der Waals surface area contributed by atoms with Gasteiger partial charge in [0.15, 0.2) is 21.3 Å². The molecule has 7 heteroatoms. The van der Waals surface area contributed by atoms with Gasteiger partial charge in [0.2, 0.25) is 6.79 Å². The predicted molar refractivity (Wildman–Crippen MR) is 97.4 cm³/mol. The van der Waals surface area contributed by atoms with Crippen molar-refractivity contribution in [2.75, 3.05) is 20.5 Å². The summed E-state index contributed by atoms with van der Waals surface area (Å²) in [6, 6.07) is 14.2. The minimum atomic E-state index is -3.71. The number of hydrogen-bond donors (Lipinski definition) is 0. The molecule has 0 amide bonds. The minimum absolute atomic E-state index is 0.0400.